The van der Waals surface area contributed by atoms with Gasteiger partial charge in [-0.2, -0.15) is 0 Å². The molecule has 1 amide bonds. The minimum Gasteiger partial charge on any atom is -0.353 e. The molecule has 1 atom stereocenters. The van der Waals surface area contributed by atoms with Crippen molar-refractivity contribution in [1.82, 2.24) is 5.32 Å². The van der Waals surface area contributed by atoms with Crippen LogP contribution in [0.3, 0.4) is 0 Å². The number of halogens is 4. The van der Waals surface area contributed by atoms with Crippen LogP contribution in [0.15, 0.2) is 30.3 Å². The molecule has 2 aliphatic rings. The fourth-order valence-corrected chi connectivity index (χ4v) is 4.40. The van der Waals surface area contributed by atoms with Crippen LogP contribution in [-0.4, -0.2) is 17.9 Å². The topological polar surface area (TPSA) is 29.1 Å². The number of rotatable bonds is 3. The summed E-state index contributed by atoms with van der Waals surface area (Å²) in [5.74, 6) is -3.98. The summed E-state index contributed by atoms with van der Waals surface area (Å²) < 4.78 is 41.2. The molecule has 0 spiro atoms. The highest BCUT2D eigenvalue weighted by molar-refractivity contribution is 6.34. The fraction of sp³-hybridized carbons (Fsp3) is 0.381. The van der Waals surface area contributed by atoms with Gasteiger partial charge >= 0.3 is 0 Å². The first-order valence-corrected chi connectivity index (χ1v) is 9.43. The molecule has 1 fully saturated rings. The number of hydrogen-bond donors (Lipinski definition) is 1. The first-order valence-electron chi connectivity index (χ1n) is 9.05. The SMILES string of the molecule is Cc1c(F)c(Cl)c(-c2ccccc2)c2c1C2C(=O)NC1CCC(F)(F)CC1. The van der Waals surface area contributed by atoms with Crippen LogP contribution in [0.5, 0.6) is 0 Å². The van der Waals surface area contributed by atoms with Crippen molar-refractivity contribution in [3.8, 4) is 11.1 Å². The number of benzene rings is 2. The maximum atomic E-state index is 14.6. The van der Waals surface area contributed by atoms with Gasteiger partial charge in [-0.25, -0.2) is 13.2 Å². The summed E-state index contributed by atoms with van der Waals surface area (Å²) in [6.45, 7) is 1.61. The molecule has 2 aromatic rings. The molecular formula is C21H19ClF3NO. The predicted octanol–water partition coefficient (Wildman–Crippen LogP) is 5.59. The van der Waals surface area contributed by atoms with Gasteiger partial charge in [0.05, 0.1) is 10.9 Å². The molecule has 6 heteroatoms. The second-order valence-corrected chi connectivity index (χ2v) is 7.77. The molecule has 1 unspecified atom stereocenters. The van der Waals surface area contributed by atoms with Crippen LogP contribution in [-0.2, 0) is 4.79 Å². The quantitative estimate of drug-likeness (QED) is 0.723. The molecule has 0 heterocycles. The van der Waals surface area contributed by atoms with E-state index in [9.17, 15) is 18.0 Å². The van der Waals surface area contributed by atoms with Gasteiger partial charge < -0.3 is 5.32 Å². The second kappa shape index (κ2) is 6.55. The monoisotopic (exact) mass is 393 g/mol. The van der Waals surface area contributed by atoms with Gasteiger partial charge in [0.2, 0.25) is 11.8 Å². The average Bonchev–Trinajstić information content (AvgIpc) is 3.38. The summed E-state index contributed by atoms with van der Waals surface area (Å²) in [7, 11) is 0. The summed E-state index contributed by atoms with van der Waals surface area (Å²) >= 11 is 6.27. The highest BCUT2D eigenvalue weighted by Crippen LogP contribution is 2.55. The van der Waals surface area contributed by atoms with E-state index in [-0.39, 0.29) is 42.7 Å². The second-order valence-electron chi connectivity index (χ2n) is 7.39. The molecule has 0 bridgehead atoms. The van der Waals surface area contributed by atoms with Crippen molar-refractivity contribution in [2.24, 2.45) is 0 Å². The standard InChI is InChI=1S/C21H19ClF3NO/c1-11-14-16(15(18(22)19(11)23)12-5-3-2-4-6-12)17(14)20(27)26-13-7-9-21(24,25)10-8-13/h2-6,13,17H,7-10H2,1H3,(H,26,27). The Bertz CT molecular complexity index is 904. The minimum absolute atomic E-state index is 0.0186. The molecule has 4 rings (SSSR count). The van der Waals surface area contributed by atoms with Crippen LogP contribution in [0.1, 0.15) is 48.3 Å². The Kier molecular flexibility index (Phi) is 4.46. The van der Waals surface area contributed by atoms with Crippen LogP contribution in [0.25, 0.3) is 11.1 Å². The maximum Gasteiger partial charge on any atom is 0.248 e. The first-order chi connectivity index (χ1) is 12.8. The Morgan fingerprint density at radius 1 is 1.15 bits per heavy atom. The van der Waals surface area contributed by atoms with Gasteiger partial charge in [0.25, 0.3) is 0 Å². The first kappa shape index (κ1) is 18.4. The van der Waals surface area contributed by atoms with Gasteiger partial charge in [0.15, 0.2) is 0 Å². The van der Waals surface area contributed by atoms with Crippen LogP contribution in [0.2, 0.25) is 5.02 Å². The van der Waals surface area contributed by atoms with Gasteiger partial charge in [-0.3, -0.25) is 4.79 Å². The number of nitrogens with one attached hydrogen (secondary N) is 1. The molecule has 0 aliphatic heterocycles. The lowest BCUT2D eigenvalue weighted by Crippen LogP contribution is -2.40. The van der Waals surface area contributed by atoms with E-state index in [1.54, 1.807) is 6.92 Å². The van der Waals surface area contributed by atoms with Crippen molar-refractivity contribution < 1.29 is 18.0 Å². The molecule has 0 radical (unpaired) electrons. The lowest BCUT2D eigenvalue weighted by molar-refractivity contribution is -0.122. The summed E-state index contributed by atoms with van der Waals surface area (Å²) in [5, 5.41) is 2.89. The zero-order valence-electron chi connectivity index (χ0n) is 14.8. The van der Waals surface area contributed by atoms with Crippen LogP contribution >= 0.6 is 11.6 Å². The van der Waals surface area contributed by atoms with Gasteiger partial charge in [-0.1, -0.05) is 41.9 Å². The number of amides is 1. The normalized spacial score (nSPS) is 20.9. The Morgan fingerprint density at radius 2 is 1.78 bits per heavy atom. The van der Waals surface area contributed by atoms with Gasteiger partial charge in [0, 0.05) is 24.4 Å². The zero-order valence-corrected chi connectivity index (χ0v) is 15.5. The number of alkyl halides is 2. The molecule has 2 nitrogen and oxygen atoms in total. The Morgan fingerprint density at radius 3 is 2.41 bits per heavy atom. The molecule has 0 aromatic heterocycles. The fourth-order valence-electron chi connectivity index (χ4n) is 4.05. The summed E-state index contributed by atoms with van der Waals surface area (Å²) in [4.78, 5) is 12.8. The van der Waals surface area contributed by atoms with Crippen LogP contribution in [0.4, 0.5) is 13.2 Å². The van der Waals surface area contributed by atoms with E-state index in [0.717, 1.165) is 11.1 Å². The van der Waals surface area contributed by atoms with E-state index in [1.165, 1.54) is 0 Å². The number of carbonyl (C=O) groups is 1. The van der Waals surface area contributed by atoms with Crippen molar-refractivity contribution in [3.63, 3.8) is 0 Å². The Hall–Kier alpha value is -2.01. The summed E-state index contributed by atoms with van der Waals surface area (Å²) in [6.07, 6.45) is 0.0670. The van der Waals surface area contributed by atoms with Crippen molar-refractivity contribution in [2.75, 3.05) is 0 Å². The molecule has 0 saturated heterocycles. The molecule has 142 valence electrons. The Labute approximate surface area is 160 Å². The molecular weight excluding hydrogens is 375 g/mol. The number of carbonyl (C=O) groups excluding carboxylic acids is 1. The molecule has 2 aromatic carbocycles. The van der Waals surface area contributed by atoms with E-state index in [2.05, 4.69) is 5.32 Å². The summed E-state index contributed by atoms with van der Waals surface area (Å²) in [5.41, 5.74) is 3.08. The third kappa shape index (κ3) is 3.22. The van der Waals surface area contributed by atoms with Crippen molar-refractivity contribution >= 4 is 17.5 Å². The van der Waals surface area contributed by atoms with Gasteiger partial charge in [-0.15, -0.1) is 0 Å². The van der Waals surface area contributed by atoms with Crippen molar-refractivity contribution in [3.05, 3.63) is 57.9 Å². The van der Waals surface area contributed by atoms with Crippen LogP contribution < -0.4 is 5.32 Å². The summed E-state index contributed by atoms with van der Waals surface area (Å²) in [6, 6.07) is 8.89. The van der Waals surface area contributed by atoms with Gasteiger partial charge in [0.1, 0.15) is 5.82 Å². The third-order valence-electron chi connectivity index (χ3n) is 5.59. The average molecular weight is 394 g/mol. The maximum absolute atomic E-state index is 14.6. The van der Waals surface area contributed by atoms with E-state index in [1.807, 2.05) is 30.3 Å². The number of hydrogen-bond acceptors (Lipinski definition) is 1. The largest absolute Gasteiger partial charge is 0.353 e. The van der Waals surface area contributed by atoms with Crippen molar-refractivity contribution in [1.29, 1.82) is 0 Å². The highest BCUT2D eigenvalue weighted by atomic mass is 35.5. The van der Waals surface area contributed by atoms with Crippen molar-refractivity contribution in [2.45, 2.75) is 50.5 Å². The lowest BCUT2D eigenvalue weighted by Gasteiger charge is -2.28. The lowest BCUT2D eigenvalue weighted by atomic mass is 9.92. The molecule has 1 N–H and O–H groups in total. The van der Waals surface area contributed by atoms with E-state index in [0.29, 0.717) is 16.7 Å². The van der Waals surface area contributed by atoms with Crippen LogP contribution in [0, 0.1) is 12.7 Å². The van der Waals surface area contributed by atoms with Gasteiger partial charge in [-0.05, 0) is 42.0 Å². The highest BCUT2D eigenvalue weighted by Gasteiger charge is 2.46. The van der Waals surface area contributed by atoms with E-state index >= 15 is 0 Å². The minimum atomic E-state index is -2.64. The predicted molar refractivity (Wildman–Crippen MR) is 98.8 cm³/mol. The molecule has 1 saturated carbocycles. The zero-order chi connectivity index (χ0) is 19.3. The molecule has 2 aliphatic carbocycles. The number of fused-ring (bicyclic) bond motifs is 1. The third-order valence-corrected chi connectivity index (χ3v) is 5.94. The Balaban J connectivity index is 1.60. The van der Waals surface area contributed by atoms with E-state index in [4.69, 9.17) is 11.6 Å². The van der Waals surface area contributed by atoms with E-state index < -0.39 is 17.7 Å². The smallest absolute Gasteiger partial charge is 0.248 e. The molecule has 27 heavy (non-hydrogen) atoms.